The van der Waals surface area contributed by atoms with Crippen molar-refractivity contribution in [3.63, 3.8) is 0 Å². The van der Waals surface area contributed by atoms with Crippen molar-refractivity contribution in [3.05, 3.63) is 29.8 Å². The normalized spacial score (nSPS) is 10.3. The van der Waals surface area contributed by atoms with E-state index in [9.17, 15) is 14.7 Å². The lowest BCUT2D eigenvalue weighted by Crippen LogP contribution is -2.38. The second-order valence-electron chi connectivity index (χ2n) is 3.55. The van der Waals surface area contributed by atoms with Crippen molar-refractivity contribution in [1.82, 2.24) is 10.7 Å². The average molecular weight is 249 g/mol. The Balaban J connectivity index is 2.45. The first-order chi connectivity index (χ1) is 8.63. The third-order valence-corrected chi connectivity index (χ3v) is 1.99. The monoisotopic (exact) mass is 249 g/mol. The standard InChI is InChI=1S/C12H15N3O3/c1-2-6-13-11(17)12(18)15-14-8-9-4-3-5-10(16)7-9/h3-5,7-8,16H,2,6H2,1H3,(H,13,17)(H,15,18)/b14-8-. The number of nitrogens with one attached hydrogen (secondary N) is 2. The van der Waals surface area contributed by atoms with E-state index in [-0.39, 0.29) is 5.75 Å². The summed E-state index contributed by atoms with van der Waals surface area (Å²) in [5.41, 5.74) is 2.71. The summed E-state index contributed by atoms with van der Waals surface area (Å²) in [5.74, 6) is -1.43. The summed E-state index contributed by atoms with van der Waals surface area (Å²) >= 11 is 0. The molecule has 0 bridgehead atoms. The molecule has 6 nitrogen and oxygen atoms in total. The number of amides is 2. The van der Waals surface area contributed by atoms with E-state index in [0.717, 1.165) is 6.42 Å². The molecule has 0 heterocycles. The highest BCUT2D eigenvalue weighted by Crippen LogP contribution is 2.08. The number of hydrogen-bond donors (Lipinski definition) is 3. The van der Waals surface area contributed by atoms with E-state index < -0.39 is 11.8 Å². The predicted octanol–water partition coefficient (Wildman–Crippen LogP) is 0.369. The van der Waals surface area contributed by atoms with Crippen molar-refractivity contribution < 1.29 is 14.7 Å². The van der Waals surface area contributed by atoms with E-state index in [4.69, 9.17) is 0 Å². The number of phenolic OH excluding ortho intramolecular Hbond substituents is 1. The molecular weight excluding hydrogens is 234 g/mol. The molecule has 2 amide bonds. The fourth-order valence-corrected chi connectivity index (χ4v) is 1.14. The van der Waals surface area contributed by atoms with Gasteiger partial charge in [0.2, 0.25) is 0 Å². The first kappa shape index (κ1) is 13.7. The molecule has 0 unspecified atom stereocenters. The molecular formula is C12H15N3O3. The first-order valence-corrected chi connectivity index (χ1v) is 5.53. The van der Waals surface area contributed by atoms with E-state index >= 15 is 0 Å². The van der Waals surface area contributed by atoms with Gasteiger partial charge >= 0.3 is 11.8 Å². The third kappa shape index (κ3) is 4.65. The molecule has 0 aliphatic carbocycles. The molecule has 18 heavy (non-hydrogen) atoms. The lowest BCUT2D eigenvalue weighted by Gasteiger charge is -2.01. The molecule has 1 aromatic carbocycles. The van der Waals surface area contributed by atoms with Crippen LogP contribution in [0.4, 0.5) is 0 Å². The van der Waals surface area contributed by atoms with Crippen LogP contribution in [0.15, 0.2) is 29.4 Å². The molecule has 0 atom stereocenters. The molecule has 3 N–H and O–H groups in total. The van der Waals surface area contributed by atoms with Crippen molar-refractivity contribution in [3.8, 4) is 5.75 Å². The number of nitrogens with zero attached hydrogens (tertiary/aromatic N) is 1. The lowest BCUT2D eigenvalue weighted by molar-refractivity contribution is -0.139. The SMILES string of the molecule is CCCNC(=O)C(=O)N/N=C\c1cccc(O)c1. The fourth-order valence-electron chi connectivity index (χ4n) is 1.14. The highest BCUT2D eigenvalue weighted by Gasteiger charge is 2.10. The van der Waals surface area contributed by atoms with Crippen molar-refractivity contribution in [2.45, 2.75) is 13.3 Å². The molecule has 0 spiro atoms. The minimum absolute atomic E-state index is 0.103. The average Bonchev–Trinajstić information content (AvgIpc) is 2.35. The molecule has 6 heteroatoms. The number of carbonyl (C=O) groups excluding carboxylic acids is 2. The maximum absolute atomic E-state index is 11.2. The number of phenols is 1. The summed E-state index contributed by atoms with van der Waals surface area (Å²) in [4.78, 5) is 22.4. The van der Waals surface area contributed by atoms with Gasteiger partial charge in [-0.2, -0.15) is 5.10 Å². The summed E-state index contributed by atoms with van der Waals surface area (Å²) in [6.45, 7) is 2.33. The van der Waals surface area contributed by atoms with Crippen LogP contribution in [0.3, 0.4) is 0 Å². The van der Waals surface area contributed by atoms with Gasteiger partial charge in [0.05, 0.1) is 6.21 Å². The minimum atomic E-state index is -0.820. The second kappa shape index (κ2) is 7.05. The van der Waals surface area contributed by atoms with Crippen LogP contribution in [0.25, 0.3) is 0 Å². The number of rotatable bonds is 4. The van der Waals surface area contributed by atoms with Crippen molar-refractivity contribution in [1.29, 1.82) is 0 Å². The molecule has 1 rings (SSSR count). The summed E-state index contributed by atoms with van der Waals surface area (Å²) in [6, 6.07) is 6.35. The van der Waals surface area contributed by atoms with Crippen LogP contribution in [-0.2, 0) is 9.59 Å². The topological polar surface area (TPSA) is 90.8 Å². The van der Waals surface area contributed by atoms with Crippen LogP contribution in [0.5, 0.6) is 5.75 Å². The molecule has 0 radical (unpaired) electrons. The van der Waals surface area contributed by atoms with Gasteiger partial charge in [-0.25, -0.2) is 5.43 Å². The van der Waals surface area contributed by atoms with Gasteiger partial charge in [0, 0.05) is 6.54 Å². The van der Waals surface area contributed by atoms with Gasteiger partial charge in [0.25, 0.3) is 0 Å². The van der Waals surface area contributed by atoms with Crippen LogP contribution in [-0.4, -0.2) is 29.7 Å². The van der Waals surface area contributed by atoms with Gasteiger partial charge in [-0.05, 0) is 24.1 Å². The van der Waals surface area contributed by atoms with Gasteiger partial charge in [-0.1, -0.05) is 19.1 Å². The summed E-state index contributed by atoms with van der Waals surface area (Å²) < 4.78 is 0. The Hall–Kier alpha value is -2.37. The first-order valence-electron chi connectivity index (χ1n) is 5.53. The van der Waals surface area contributed by atoms with Gasteiger partial charge in [-0.15, -0.1) is 0 Å². The van der Waals surface area contributed by atoms with Crippen LogP contribution in [0.1, 0.15) is 18.9 Å². The van der Waals surface area contributed by atoms with E-state index in [1.54, 1.807) is 12.1 Å². The Morgan fingerprint density at radius 2 is 2.17 bits per heavy atom. The second-order valence-corrected chi connectivity index (χ2v) is 3.55. The van der Waals surface area contributed by atoms with E-state index in [2.05, 4.69) is 15.8 Å². The Morgan fingerprint density at radius 1 is 1.39 bits per heavy atom. The smallest absolute Gasteiger partial charge is 0.329 e. The summed E-state index contributed by atoms with van der Waals surface area (Å²) in [6.07, 6.45) is 2.09. The maximum atomic E-state index is 11.2. The Morgan fingerprint density at radius 3 is 2.83 bits per heavy atom. The predicted molar refractivity (Wildman–Crippen MR) is 67.1 cm³/mol. The number of hydrazone groups is 1. The zero-order valence-electron chi connectivity index (χ0n) is 10.0. The van der Waals surface area contributed by atoms with Gasteiger partial charge in [-0.3, -0.25) is 9.59 Å². The van der Waals surface area contributed by atoms with Crippen LogP contribution < -0.4 is 10.7 Å². The fraction of sp³-hybridized carbons (Fsp3) is 0.250. The largest absolute Gasteiger partial charge is 0.508 e. The molecule has 1 aromatic rings. The quantitative estimate of drug-likeness (QED) is 0.409. The maximum Gasteiger partial charge on any atom is 0.329 e. The van der Waals surface area contributed by atoms with Crippen molar-refractivity contribution in [2.75, 3.05) is 6.54 Å². The van der Waals surface area contributed by atoms with E-state index in [1.165, 1.54) is 18.3 Å². The molecule has 0 fully saturated rings. The van der Waals surface area contributed by atoms with Gasteiger partial charge in [0.1, 0.15) is 5.75 Å². The molecule has 0 aliphatic heterocycles. The van der Waals surface area contributed by atoms with Crippen molar-refractivity contribution in [2.24, 2.45) is 5.10 Å². The Labute approximate surface area is 105 Å². The van der Waals surface area contributed by atoms with E-state index in [0.29, 0.717) is 12.1 Å². The highest BCUT2D eigenvalue weighted by molar-refractivity contribution is 6.35. The summed E-state index contributed by atoms with van der Waals surface area (Å²) in [5, 5.41) is 15.2. The summed E-state index contributed by atoms with van der Waals surface area (Å²) in [7, 11) is 0. The van der Waals surface area contributed by atoms with Crippen LogP contribution >= 0.6 is 0 Å². The lowest BCUT2D eigenvalue weighted by atomic mass is 10.2. The molecule has 0 saturated carbocycles. The zero-order valence-corrected chi connectivity index (χ0v) is 10.0. The van der Waals surface area contributed by atoms with Crippen molar-refractivity contribution >= 4 is 18.0 Å². The minimum Gasteiger partial charge on any atom is -0.508 e. The number of carbonyl (C=O) groups is 2. The van der Waals surface area contributed by atoms with Gasteiger partial charge < -0.3 is 10.4 Å². The molecule has 96 valence electrons. The Bertz CT molecular complexity index is 458. The Kier molecular flexibility index (Phi) is 5.37. The number of aromatic hydroxyl groups is 1. The van der Waals surface area contributed by atoms with E-state index in [1.807, 2.05) is 6.92 Å². The third-order valence-electron chi connectivity index (χ3n) is 1.99. The highest BCUT2D eigenvalue weighted by atomic mass is 16.3. The molecule has 0 aromatic heterocycles. The van der Waals surface area contributed by atoms with Crippen LogP contribution in [0.2, 0.25) is 0 Å². The van der Waals surface area contributed by atoms with Crippen LogP contribution in [0, 0.1) is 0 Å². The van der Waals surface area contributed by atoms with Gasteiger partial charge in [0.15, 0.2) is 0 Å². The molecule has 0 aliphatic rings. The number of hydrogen-bond acceptors (Lipinski definition) is 4. The number of benzene rings is 1. The molecule has 0 saturated heterocycles. The zero-order chi connectivity index (χ0) is 13.4.